The predicted octanol–water partition coefficient (Wildman–Crippen LogP) is -1.80. The van der Waals surface area contributed by atoms with Crippen LogP contribution in [-0.4, -0.2) is 70.2 Å². The Hall–Kier alpha value is -1.23. The number of methoxy groups -OCH3 is 1. The van der Waals surface area contributed by atoms with E-state index in [2.05, 4.69) is 9.46 Å². The third kappa shape index (κ3) is 5.52. The van der Waals surface area contributed by atoms with Gasteiger partial charge in [-0.1, -0.05) is 0 Å². The van der Waals surface area contributed by atoms with Crippen molar-refractivity contribution in [3.8, 4) is 0 Å². The lowest BCUT2D eigenvalue weighted by molar-refractivity contribution is -0.135. The van der Waals surface area contributed by atoms with Crippen LogP contribution in [0.2, 0.25) is 0 Å². The first-order valence-corrected chi connectivity index (χ1v) is 8.35. The van der Waals surface area contributed by atoms with Gasteiger partial charge in [-0.3, -0.25) is 9.59 Å². The summed E-state index contributed by atoms with van der Waals surface area (Å²) >= 11 is 0. The number of nitrogens with one attached hydrogen (secondary N) is 2. The first-order chi connectivity index (χ1) is 10.2. The van der Waals surface area contributed by atoms with E-state index in [1.165, 1.54) is 12.0 Å². The van der Waals surface area contributed by atoms with Crippen molar-refractivity contribution >= 4 is 22.0 Å². The molecule has 0 aromatic rings. The summed E-state index contributed by atoms with van der Waals surface area (Å²) in [7, 11) is 0.392. The van der Waals surface area contributed by atoms with E-state index in [9.17, 15) is 23.1 Å². The number of aliphatic hydroxyl groups is 1. The summed E-state index contributed by atoms with van der Waals surface area (Å²) in [5, 5.41) is 9.92. The van der Waals surface area contributed by atoms with Crippen molar-refractivity contribution in [2.45, 2.75) is 31.4 Å². The van der Waals surface area contributed by atoms with Crippen LogP contribution in [0.4, 0.5) is 0 Å². The van der Waals surface area contributed by atoms with E-state index in [1.807, 2.05) is 0 Å². The number of rotatable bonds is 6. The quantitative estimate of drug-likeness (QED) is 0.525. The number of hydrogen-bond acceptors (Lipinski definition) is 6. The Morgan fingerprint density at radius 2 is 1.95 bits per heavy atom. The van der Waals surface area contributed by atoms with Crippen LogP contribution in [0.25, 0.3) is 0 Å². The van der Waals surface area contributed by atoms with Crippen LogP contribution in [0.1, 0.15) is 19.3 Å². The zero-order chi connectivity index (χ0) is 16.9. The summed E-state index contributed by atoms with van der Waals surface area (Å²) in [6.07, 6.45) is 0.0771. The van der Waals surface area contributed by atoms with Crippen molar-refractivity contribution in [1.82, 2.24) is 14.3 Å². The Balaban J connectivity index is 2.69. The summed E-state index contributed by atoms with van der Waals surface area (Å²) < 4.78 is 32.2. The minimum absolute atomic E-state index is 0.112. The van der Waals surface area contributed by atoms with Crippen LogP contribution in [0.5, 0.6) is 0 Å². The van der Waals surface area contributed by atoms with E-state index in [-0.39, 0.29) is 18.2 Å². The van der Waals surface area contributed by atoms with E-state index in [0.29, 0.717) is 12.8 Å². The molecule has 2 amide bonds. The second kappa shape index (κ2) is 7.86. The third-order valence-corrected chi connectivity index (χ3v) is 4.54. The zero-order valence-electron chi connectivity index (χ0n) is 12.9. The molecule has 1 aliphatic carbocycles. The van der Waals surface area contributed by atoms with Crippen LogP contribution in [0.3, 0.4) is 0 Å². The number of hydrogen-bond donors (Lipinski definition) is 3. The van der Waals surface area contributed by atoms with Crippen LogP contribution >= 0.6 is 0 Å². The second-order valence-corrected chi connectivity index (χ2v) is 6.94. The number of carbonyl (C=O) groups excluding carboxylic acids is 2. The first-order valence-electron chi connectivity index (χ1n) is 6.87. The number of ether oxygens (including phenoxy) is 1. The number of carbonyl (C=O) groups is 2. The maximum atomic E-state index is 12.0. The Labute approximate surface area is 130 Å². The fraction of sp³-hybridized carbons (Fsp3) is 0.833. The molecule has 0 radical (unpaired) electrons. The Bertz CT molecular complexity index is 507. The SMILES string of the molecule is COCC(=O)NS(=O)(=O)N[C@@H]1C[C@@H](C(=O)N(C)C)CC[C@H]1O. The molecule has 0 unspecified atom stereocenters. The van der Waals surface area contributed by atoms with Crippen LogP contribution in [0.15, 0.2) is 0 Å². The maximum Gasteiger partial charge on any atom is 0.301 e. The Morgan fingerprint density at radius 1 is 1.32 bits per heavy atom. The average molecular weight is 337 g/mol. The number of nitrogens with zero attached hydrogens (tertiary/aromatic N) is 1. The molecule has 0 aromatic carbocycles. The summed E-state index contributed by atoms with van der Waals surface area (Å²) in [4.78, 5) is 24.7. The fourth-order valence-electron chi connectivity index (χ4n) is 2.41. The molecule has 0 spiro atoms. The third-order valence-electron chi connectivity index (χ3n) is 3.43. The number of aliphatic hydroxyl groups excluding tert-OH is 1. The lowest BCUT2D eigenvalue weighted by Crippen LogP contribution is -2.53. The summed E-state index contributed by atoms with van der Waals surface area (Å²) in [5.74, 6) is -1.29. The molecule has 9 nitrogen and oxygen atoms in total. The summed E-state index contributed by atoms with van der Waals surface area (Å²) in [5.41, 5.74) is 0. The Morgan fingerprint density at radius 3 is 2.50 bits per heavy atom. The molecule has 128 valence electrons. The van der Waals surface area contributed by atoms with Gasteiger partial charge in [0.1, 0.15) is 6.61 Å². The normalized spacial score (nSPS) is 25.5. The van der Waals surface area contributed by atoms with Gasteiger partial charge in [-0.05, 0) is 19.3 Å². The van der Waals surface area contributed by atoms with Crippen LogP contribution in [0, 0.1) is 5.92 Å². The zero-order valence-corrected chi connectivity index (χ0v) is 13.7. The highest BCUT2D eigenvalue weighted by Crippen LogP contribution is 2.26. The molecule has 1 aliphatic rings. The standard InChI is InChI=1S/C12H23N3O6S/c1-15(2)12(18)8-4-5-10(16)9(6-8)13-22(19,20)14-11(17)7-21-3/h8-10,13,16H,4-7H2,1-3H3,(H,14,17)/t8-,9+,10+/m0/s1. The molecule has 1 rings (SSSR count). The maximum absolute atomic E-state index is 12.0. The second-order valence-electron chi connectivity index (χ2n) is 5.50. The molecule has 10 heteroatoms. The molecule has 0 aliphatic heterocycles. The van der Waals surface area contributed by atoms with Gasteiger partial charge in [0.15, 0.2) is 0 Å². The highest BCUT2D eigenvalue weighted by Gasteiger charge is 2.35. The van der Waals surface area contributed by atoms with E-state index >= 15 is 0 Å². The highest BCUT2D eigenvalue weighted by atomic mass is 32.2. The molecule has 1 fully saturated rings. The van der Waals surface area contributed by atoms with Crippen molar-refractivity contribution in [3.63, 3.8) is 0 Å². The van der Waals surface area contributed by atoms with Gasteiger partial charge in [0, 0.05) is 27.1 Å². The van der Waals surface area contributed by atoms with Gasteiger partial charge in [-0.15, -0.1) is 0 Å². The van der Waals surface area contributed by atoms with E-state index in [1.54, 1.807) is 18.8 Å². The molecular weight excluding hydrogens is 314 g/mol. The molecule has 3 N–H and O–H groups in total. The molecule has 1 saturated carbocycles. The topological polar surface area (TPSA) is 125 Å². The molecule has 0 bridgehead atoms. The minimum Gasteiger partial charge on any atom is -0.391 e. The van der Waals surface area contributed by atoms with E-state index in [4.69, 9.17) is 0 Å². The van der Waals surface area contributed by atoms with Crippen molar-refractivity contribution < 1.29 is 27.9 Å². The van der Waals surface area contributed by atoms with Crippen LogP contribution < -0.4 is 9.44 Å². The lowest BCUT2D eigenvalue weighted by atomic mass is 9.83. The number of amides is 2. The molecule has 22 heavy (non-hydrogen) atoms. The molecule has 3 atom stereocenters. The molecular formula is C12H23N3O6S. The van der Waals surface area contributed by atoms with Crippen molar-refractivity contribution in [2.24, 2.45) is 5.92 Å². The first kappa shape index (κ1) is 18.8. The van der Waals surface area contributed by atoms with Gasteiger partial charge in [0.2, 0.25) is 5.91 Å². The van der Waals surface area contributed by atoms with Crippen molar-refractivity contribution in [2.75, 3.05) is 27.8 Å². The summed E-state index contributed by atoms with van der Waals surface area (Å²) in [6, 6.07) is -0.824. The van der Waals surface area contributed by atoms with Gasteiger partial charge >= 0.3 is 10.2 Å². The van der Waals surface area contributed by atoms with Crippen molar-refractivity contribution in [1.29, 1.82) is 0 Å². The van der Waals surface area contributed by atoms with Gasteiger partial charge in [-0.2, -0.15) is 13.1 Å². The minimum atomic E-state index is -4.12. The largest absolute Gasteiger partial charge is 0.391 e. The lowest BCUT2D eigenvalue weighted by Gasteiger charge is -2.33. The van der Waals surface area contributed by atoms with Gasteiger partial charge < -0.3 is 14.7 Å². The highest BCUT2D eigenvalue weighted by molar-refractivity contribution is 7.88. The molecule has 0 saturated heterocycles. The Kier molecular flexibility index (Phi) is 6.72. The van der Waals surface area contributed by atoms with Crippen molar-refractivity contribution in [3.05, 3.63) is 0 Å². The van der Waals surface area contributed by atoms with E-state index in [0.717, 1.165) is 0 Å². The molecule has 0 aromatic heterocycles. The monoisotopic (exact) mass is 337 g/mol. The molecule has 0 heterocycles. The van der Waals surface area contributed by atoms with Gasteiger partial charge in [-0.25, -0.2) is 4.72 Å². The smallest absolute Gasteiger partial charge is 0.301 e. The predicted molar refractivity (Wildman–Crippen MR) is 77.9 cm³/mol. The van der Waals surface area contributed by atoms with Gasteiger partial charge in [0.05, 0.1) is 12.1 Å². The van der Waals surface area contributed by atoms with Crippen LogP contribution in [-0.2, 0) is 24.5 Å². The van der Waals surface area contributed by atoms with E-state index < -0.39 is 34.9 Å². The van der Waals surface area contributed by atoms with Gasteiger partial charge in [0.25, 0.3) is 5.91 Å². The average Bonchev–Trinajstić information content (AvgIpc) is 2.39. The fourth-order valence-corrected chi connectivity index (χ4v) is 3.48. The summed E-state index contributed by atoms with van der Waals surface area (Å²) in [6.45, 7) is -0.393.